The van der Waals surface area contributed by atoms with Crippen LogP contribution in [0.15, 0.2) is 12.3 Å². The van der Waals surface area contributed by atoms with E-state index in [0.717, 1.165) is 6.54 Å². The van der Waals surface area contributed by atoms with Gasteiger partial charge in [-0.25, -0.2) is 4.98 Å². The number of nitrogens with two attached hydrogens (primary N) is 1. The Kier molecular flexibility index (Phi) is 4.03. The van der Waals surface area contributed by atoms with E-state index < -0.39 is 0 Å². The standard InChI is InChI=1S/C12H20ClN3/c1-8(2)12(3,4)7-16-11-10(13)5-9(14)6-15-11/h5-6,8H,7,14H2,1-4H3,(H,15,16). The Labute approximate surface area is 102 Å². The maximum atomic E-state index is 6.03. The van der Waals surface area contributed by atoms with Crippen LogP contribution in [0, 0.1) is 11.3 Å². The van der Waals surface area contributed by atoms with E-state index in [1.165, 1.54) is 0 Å². The molecule has 3 N–H and O–H groups in total. The third-order valence-corrected chi connectivity index (χ3v) is 3.42. The summed E-state index contributed by atoms with van der Waals surface area (Å²) in [6.07, 6.45) is 1.61. The number of hydrogen-bond donors (Lipinski definition) is 2. The first-order chi connectivity index (χ1) is 7.33. The molecule has 1 aromatic rings. The molecule has 4 heteroatoms. The van der Waals surface area contributed by atoms with Crippen molar-refractivity contribution in [3.8, 4) is 0 Å². The molecule has 0 amide bonds. The first kappa shape index (κ1) is 13.1. The summed E-state index contributed by atoms with van der Waals surface area (Å²) in [5, 5.41) is 3.83. The Hall–Kier alpha value is -0.960. The van der Waals surface area contributed by atoms with Crippen molar-refractivity contribution < 1.29 is 0 Å². The van der Waals surface area contributed by atoms with E-state index in [2.05, 4.69) is 38.0 Å². The van der Waals surface area contributed by atoms with Gasteiger partial charge in [-0.1, -0.05) is 39.3 Å². The van der Waals surface area contributed by atoms with E-state index in [1.54, 1.807) is 12.3 Å². The molecule has 0 radical (unpaired) electrons. The third kappa shape index (κ3) is 3.27. The van der Waals surface area contributed by atoms with Crippen molar-refractivity contribution in [2.24, 2.45) is 11.3 Å². The van der Waals surface area contributed by atoms with Gasteiger partial charge in [0.15, 0.2) is 0 Å². The van der Waals surface area contributed by atoms with E-state index in [9.17, 15) is 0 Å². The highest BCUT2D eigenvalue weighted by Gasteiger charge is 2.22. The van der Waals surface area contributed by atoms with E-state index in [-0.39, 0.29) is 5.41 Å². The number of nitrogens with one attached hydrogen (secondary N) is 1. The maximum absolute atomic E-state index is 6.03. The Morgan fingerprint density at radius 1 is 1.50 bits per heavy atom. The van der Waals surface area contributed by atoms with Crippen LogP contribution in [-0.4, -0.2) is 11.5 Å². The monoisotopic (exact) mass is 241 g/mol. The van der Waals surface area contributed by atoms with Crippen molar-refractivity contribution in [3.63, 3.8) is 0 Å². The van der Waals surface area contributed by atoms with Crippen molar-refractivity contribution in [2.75, 3.05) is 17.6 Å². The van der Waals surface area contributed by atoms with Gasteiger partial charge in [-0.05, 0) is 17.4 Å². The SMILES string of the molecule is CC(C)C(C)(C)CNc1ncc(N)cc1Cl. The molecule has 0 saturated heterocycles. The molecule has 90 valence electrons. The summed E-state index contributed by atoms with van der Waals surface area (Å²) in [5.41, 5.74) is 6.37. The minimum absolute atomic E-state index is 0.201. The van der Waals surface area contributed by atoms with Crippen molar-refractivity contribution in [1.82, 2.24) is 4.98 Å². The summed E-state index contributed by atoms with van der Waals surface area (Å²) in [6, 6.07) is 1.71. The van der Waals surface area contributed by atoms with Gasteiger partial charge in [-0.15, -0.1) is 0 Å². The van der Waals surface area contributed by atoms with Crippen molar-refractivity contribution in [1.29, 1.82) is 0 Å². The molecule has 0 spiro atoms. The van der Waals surface area contributed by atoms with Crippen molar-refractivity contribution in [2.45, 2.75) is 27.7 Å². The molecule has 0 aliphatic heterocycles. The summed E-state index contributed by atoms with van der Waals surface area (Å²) in [4.78, 5) is 4.17. The quantitative estimate of drug-likeness (QED) is 0.850. The molecular formula is C12H20ClN3. The first-order valence-electron chi connectivity index (χ1n) is 5.48. The zero-order chi connectivity index (χ0) is 12.3. The number of aromatic nitrogens is 1. The van der Waals surface area contributed by atoms with Crippen LogP contribution < -0.4 is 11.1 Å². The summed E-state index contributed by atoms with van der Waals surface area (Å²) < 4.78 is 0. The van der Waals surface area contributed by atoms with E-state index in [0.29, 0.717) is 22.4 Å². The summed E-state index contributed by atoms with van der Waals surface area (Å²) in [7, 11) is 0. The fourth-order valence-electron chi connectivity index (χ4n) is 1.10. The largest absolute Gasteiger partial charge is 0.397 e. The molecule has 0 saturated carbocycles. The second-order valence-corrected chi connectivity index (χ2v) is 5.50. The topological polar surface area (TPSA) is 50.9 Å². The van der Waals surface area contributed by atoms with E-state index in [4.69, 9.17) is 17.3 Å². The molecule has 0 aliphatic rings. The Bertz CT molecular complexity index is 361. The zero-order valence-electron chi connectivity index (χ0n) is 10.3. The predicted octanol–water partition coefficient (Wildman–Crippen LogP) is 3.41. The summed E-state index contributed by atoms with van der Waals surface area (Å²) in [5.74, 6) is 1.29. The summed E-state index contributed by atoms with van der Waals surface area (Å²) >= 11 is 6.03. The van der Waals surface area contributed by atoms with Crippen LogP contribution in [0.25, 0.3) is 0 Å². The highest BCUT2D eigenvalue weighted by Crippen LogP contribution is 2.28. The van der Waals surface area contributed by atoms with Crippen LogP contribution in [0.4, 0.5) is 11.5 Å². The maximum Gasteiger partial charge on any atom is 0.144 e. The van der Waals surface area contributed by atoms with Crippen LogP contribution >= 0.6 is 11.6 Å². The molecule has 1 rings (SSSR count). The Balaban J connectivity index is 2.68. The number of anilines is 2. The lowest BCUT2D eigenvalue weighted by Gasteiger charge is -2.29. The number of nitrogen functional groups attached to an aromatic ring is 1. The lowest BCUT2D eigenvalue weighted by atomic mass is 9.81. The number of nitrogens with zero attached hydrogens (tertiary/aromatic N) is 1. The average Bonchev–Trinajstić information content (AvgIpc) is 2.16. The second kappa shape index (κ2) is 4.91. The first-order valence-corrected chi connectivity index (χ1v) is 5.85. The fraction of sp³-hybridized carbons (Fsp3) is 0.583. The van der Waals surface area contributed by atoms with Gasteiger partial charge in [-0.3, -0.25) is 0 Å². The molecule has 3 nitrogen and oxygen atoms in total. The van der Waals surface area contributed by atoms with Crippen LogP contribution in [0.1, 0.15) is 27.7 Å². The van der Waals surface area contributed by atoms with Gasteiger partial charge in [-0.2, -0.15) is 0 Å². The number of hydrogen-bond acceptors (Lipinski definition) is 3. The molecule has 1 aromatic heterocycles. The molecule has 0 atom stereocenters. The second-order valence-electron chi connectivity index (χ2n) is 5.10. The van der Waals surface area contributed by atoms with E-state index >= 15 is 0 Å². The normalized spacial score (nSPS) is 11.9. The highest BCUT2D eigenvalue weighted by atomic mass is 35.5. The third-order valence-electron chi connectivity index (χ3n) is 3.14. The fourth-order valence-corrected chi connectivity index (χ4v) is 1.34. The lowest BCUT2D eigenvalue weighted by molar-refractivity contribution is 0.269. The minimum Gasteiger partial charge on any atom is -0.397 e. The van der Waals surface area contributed by atoms with Crippen molar-refractivity contribution >= 4 is 23.1 Å². The highest BCUT2D eigenvalue weighted by molar-refractivity contribution is 6.33. The minimum atomic E-state index is 0.201. The van der Waals surface area contributed by atoms with Gasteiger partial charge in [0.2, 0.25) is 0 Å². The molecule has 0 unspecified atom stereocenters. The van der Waals surface area contributed by atoms with Gasteiger partial charge < -0.3 is 11.1 Å². The van der Waals surface area contributed by atoms with Gasteiger partial charge >= 0.3 is 0 Å². The van der Waals surface area contributed by atoms with Gasteiger partial charge in [0.05, 0.1) is 16.9 Å². The van der Waals surface area contributed by atoms with Crippen molar-refractivity contribution in [3.05, 3.63) is 17.3 Å². The van der Waals surface area contributed by atoms with Gasteiger partial charge in [0.25, 0.3) is 0 Å². The molecule has 0 aliphatic carbocycles. The average molecular weight is 242 g/mol. The number of pyridine rings is 1. The molecular weight excluding hydrogens is 222 g/mol. The number of rotatable bonds is 4. The Morgan fingerprint density at radius 3 is 2.62 bits per heavy atom. The predicted molar refractivity (Wildman–Crippen MR) is 70.8 cm³/mol. The summed E-state index contributed by atoms with van der Waals surface area (Å²) in [6.45, 7) is 9.69. The smallest absolute Gasteiger partial charge is 0.144 e. The number of halogens is 1. The molecule has 0 bridgehead atoms. The molecule has 1 heterocycles. The van der Waals surface area contributed by atoms with Crippen LogP contribution in [-0.2, 0) is 0 Å². The Morgan fingerprint density at radius 2 is 2.12 bits per heavy atom. The lowest BCUT2D eigenvalue weighted by Crippen LogP contribution is -2.28. The molecule has 16 heavy (non-hydrogen) atoms. The van der Waals surface area contributed by atoms with E-state index in [1.807, 2.05) is 0 Å². The van der Waals surface area contributed by atoms with Crippen LogP contribution in [0.3, 0.4) is 0 Å². The van der Waals surface area contributed by atoms with Crippen LogP contribution in [0.2, 0.25) is 5.02 Å². The molecule has 0 fully saturated rings. The van der Waals surface area contributed by atoms with Gasteiger partial charge in [0.1, 0.15) is 5.82 Å². The van der Waals surface area contributed by atoms with Crippen LogP contribution in [0.5, 0.6) is 0 Å². The molecule has 0 aromatic carbocycles. The van der Waals surface area contributed by atoms with Gasteiger partial charge in [0, 0.05) is 6.54 Å². The zero-order valence-corrected chi connectivity index (χ0v) is 11.1.